The van der Waals surface area contributed by atoms with Crippen molar-refractivity contribution in [3.63, 3.8) is 0 Å². The van der Waals surface area contributed by atoms with Gasteiger partial charge in [-0.1, -0.05) is 27.2 Å². The van der Waals surface area contributed by atoms with Crippen LogP contribution >= 0.6 is 0 Å². The van der Waals surface area contributed by atoms with Crippen LogP contribution in [-0.2, 0) is 4.79 Å². The molecule has 0 radical (unpaired) electrons. The zero-order chi connectivity index (χ0) is 13.3. The molecule has 2 rings (SSSR count). The smallest absolute Gasteiger partial charge is 0.243 e. The number of carbonyl (C=O) groups excluding carboxylic acids is 1. The lowest BCUT2D eigenvalue weighted by molar-refractivity contribution is -0.133. The molecule has 104 valence electrons. The fourth-order valence-corrected chi connectivity index (χ4v) is 3.52. The first-order valence-corrected chi connectivity index (χ1v) is 7.59. The second-order valence-corrected chi connectivity index (χ2v) is 6.50. The van der Waals surface area contributed by atoms with Gasteiger partial charge in [0.05, 0.1) is 11.7 Å². The molecule has 0 spiro atoms. The van der Waals surface area contributed by atoms with Crippen LogP contribution in [-0.4, -0.2) is 29.1 Å². The van der Waals surface area contributed by atoms with Gasteiger partial charge in [0.15, 0.2) is 0 Å². The minimum Gasteiger partial charge on any atom is -0.325 e. The number of nitrogens with zero attached hydrogens (tertiary/aromatic N) is 1. The first-order chi connectivity index (χ1) is 8.50. The highest BCUT2D eigenvalue weighted by atomic mass is 16.2. The molecule has 3 heteroatoms. The Kier molecular flexibility index (Phi) is 4.00. The summed E-state index contributed by atoms with van der Waals surface area (Å²) in [5, 5.41) is 3.53. The Labute approximate surface area is 111 Å². The zero-order valence-electron chi connectivity index (χ0n) is 12.3. The summed E-state index contributed by atoms with van der Waals surface area (Å²) in [5.74, 6) is 1.88. The second-order valence-electron chi connectivity index (χ2n) is 6.50. The van der Waals surface area contributed by atoms with Gasteiger partial charge in [0.1, 0.15) is 0 Å². The van der Waals surface area contributed by atoms with Gasteiger partial charge in [-0.25, -0.2) is 0 Å². The van der Waals surface area contributed by atoms with Gasteiger partial charge in [-0.3, -0.25) is 10.1 Å². The van der Waals surface area contributed by atoms with Crippen LogP contribution in [0.3, 0.4) is 0 Å². The summed E-state index contributed by atoms with van der Waals surface area (Å²) in [7, 11) is 0. The Morgan fingerprint density at radius 2 is 2.11 bits per heavy atom. The number of hydrogen-bond donors (Lipinski definition) is 1. The van der Waals surface area contributed by atoms with Gasteiger partial charge in [0.25, 0.3) is 0 Å². The summed E-state index contributed by atoms with van der Waals surface area (Å²) in [6, 6.07) is 0. The summed E-state index contributed by atoms with van der Waals surface area (Å²) >= 11 is 0. The predicted octanol–water partition coefficient (Wildman–Crippen LogP) is 2.76. The molecule has 4 unspecified atom stereocenters. The molecular formula is C15H28N2O. The van der Waals surface area contributed by atoms with Crippen molar-refractivity contribution in [2.45, 2.75) is 71.5 Å². The lowest BCUT2D eigenvalue weighted by atomic mass is 9.99. The maximum Gasteiger partial charge on any atom is 0.243 e. The molecule has 0 aromatic rings. The first kappa shape index (κ1) is 13.9. The molecule has 3 nitrogen and oxygen atoms in total. The Morgan fingerprint density at radius 3 is 2.61 bits per heavy atom. The molecule has 4 atom stereocenters. The number of carbonyl (C=O) groups is 1. The molecule has 2 fully saturated rings. The van der Waals surface area contributed by atoms with E-state index in [1.807, 2.05) is 0 Å². The van der Waals surface area contributed by atoms with Crippen LogP contribution < -0.4 is 5.32 Å². The van der Waals surface area contributed by atoms with Gasteiger partial charge in [0, 0.05) is 6.54 Å². The summed E-state index contributed by atoms with van der Waals surface area (Å²) in [5.41, 5.74) is -0.328. The van der Waals surface area contributed by atoms with Crippen molar-refractivity contribution in [1.82, 2.24) is 10.2 Å². The monoisotopic (exact) mass is 252 g/mol. The topological polar surface area (TPSA) is 32.3 Å². The van der Waals surface area contributed by atoms with E-state index in [0.29, 0.717) is 5.91 Å². The van der Waals surface area contributed by atoms with Crippen LogP contribution in [0.25, 0.3) is 0 Å². The second kappa shape index (κ2) is 5.20. The third kappa shape index (κ3) is 2.42. The number of rotatable bonds is 4. The molecule has 1 amide bonds. The van der Waals surface area contributed by atoms with E-state index >= 15 is 0 Å². The minimum atomic E-state index is -0.328. The van der Waals surface area contributed by atoms with Crippen molar-refractivity contribution < 1.29 is 4.79 Å². The van der Waals surface area contributed by atoms with E-state index in [1.54, 1.807) is 0 Å². The SMILES string of the molecule is CCC1NC(C)(CC)C(=O)N1CC1CCC(C)C1. The highest BCUT2D eigenvalue weighted by molar-refractivity contribution is 5.88. The summed E-state index contributed by atoms with van der Waals surface area (Å²) in [6.07, 6.45) is 6.05. The van der Waals surface area contributed by atoms with Crippen LogP contribution in [0, 0.1) is 11.8 Å². The van der Waals surface area contributed by atoms with Crippen LogP contribution in [0.1, 0.15) is 59.8 Å². The maximum atomic E-state index is 12.6. The van der Waals surface area contributed by atoms with Crippen LogP contribution in [0.2, 0.25) is 0 Å². The van der Waals surface area contributed by atoms with Gasteiger partial charge in [-0.2, -0.15) is 0 Å². The van der Waals surface area contributed by atoms with Crippen molar-refractivity contribution in [3.8, 4) is 0 Å². The number of nitrogens with one attached hydrogen (secondary N) is 1. The van der Waals surface area contributed by atoms with Crippen LogP contribution in [0.15, 0.2) is 0 Å². The lowest BCUT2D eigenvalue weighted by Crippen LogP contribution is -2.43. The van der Waals surface area contributed by atoms with Crippen molar-refractivity contribution in [3.05, 3.63) is 0 Å². The minimum absolute atomic E-state index is 0.248. The molecule has 2 aliphatic rings. The Bertz CT molecular complexity index is 318. The predicted molar refractivity (Wildman–Crippen MR) is 74.1 cm³/mol. The molecule has 18 heavy (non-hydrogen) atoms. The molecule has 0 bridgehead atoms. The third-order valence-corrected chi connectivity index (χ3v) is 4.95. The fraction of sp³-hybridized carbons (Fsp3) is 0.933. The molecule has 0 aromatic heterocycles. The van der Waals surface area contributed by atoms with Crippen molar-refractivity contribution in [2.75, 3.05) is 6.54 Å². The molecule has 1 aliphatic carbocycles. The normalized spacial score (nSPS) is 40.8. The van der Waals surface area contributed by atoms with Gasteiger partial charge < -0.3 is 4.90 Å². The molecule has 1 saturated heterocycles. The lowest BCUT2D eigenvalue weighted by Gasteiger charge is -2.26. The largest absolute Gasteiger partial charge is 0.325 e. The van der Waals surface area contributed by atoms with Crippen LogP contribution in [0.4, 0.5) is 0 Å². The van der Waals surface area contributed by atoms with E-state index in [-0.39, 0.29) is 11.7 Å². The Morgan fingerprint density at radius 1 is 1.39 bits per heavy atom. The van der Waals surface area contributed by atoms with Crippen molar-refractivity contribution in [1.29, 1.82) is 0 Å². The van der Waals surface area contributed by atoms with Gasteiger partial charge in [-0.15, -0.1) is 0 Å². The first-order valence-electron chi connectivity index (χ1n) is 7.59. The van der Waals surface area contributed by atoms with E-state index in [9.17, 15) is 4.79 Å². The van der Waals surface area contributed by atoms with Gasteiger partial charge in [-0.05, 0) is 44.4 Å². The van der Waals surface area contributed by atoms with E-state index in [0.717, 1.165) is 31.2 Å². The zero-order valence-corrected chi connectivity index (χ0v) is 12.3. The highest BCUT2D eigenvalue weighted by Gasteiger charge is 2.46. The molecule has 1 N–H and O–H groups in total. The number of hydrogen-bond acceptors (Lipinski definition) is 2. The van der Waals surface area contributed by atoms with E-state index < -0.39 is 0 Å². The van der Waals surface area contributed by atoms with Crippen molar-refractivity contribution >= 4 is 5.91 Å². The molecule has 0 aromatic carbocycles. The van der Waals surface area contributed by atoms with Crippen LogP contribution in [0.5, 0.6) is 0 Å². The molecule has 1 saturated carbocycles. The Balaban J connectivity index is 2.04. The molecule has 1 aliphatic heterocycles. The molecule has 1 heterocycles. The standard InChI is InChI=1S/C15H28N2O/c1-5-13-16-15(4,6-2)14(18)17(13)10-12-8-7-11(3)9-12/h11-13,16H,5-10H2,1-4H3. The van der Waals surface area contributed by atoms with Gasteiger partial charge in [0.2, 0.25) is 5.91 Å². The van der Waals surface area contributed by atoms with E-state index in [1.165, 1.54) is 19.3 Å². The maximum absolute atomic E-state index is 12.6. The van der Waals surface area contributed by atoms with Crippen molar-refractivity contribution in [2.24, 2.45) is 11.8 Å². The molecular weight excluding hydrogens is 224 g/mol. The van der Waals surface area contributed by atoms with Gasteiger partial charge >= 0.3 is 0 Å². The average molecular weight is 252 g/mol. The van der Waals surface area contributed by atoms with E-state index in [2.05, 4.69) is 37.9 Å². The fourth-order valence-electron chi connectivity index (χ4n) is 3.52. The Hall–Kier alpha value is -0.570. The van der Waals surface area contributed by atoms with E-state index in [4.69, 9.17) is 0 Å². The third-order valence-electron chi connectivity index (χ3n) is 4.95. The quantitative estimate of drug-likeness (QED) is 0.834. The average Bonchev–Trinajstić information content (AvgIpc) is 2.87. The summed E-state index contributed by atoms with van der Waals surface area (Å²) in [6.45, 7) is 9.60. The highest BCUT2D eigenvalue weighted by Crippen LogP contribution is 2.33. The summed E-state index contributed by atoms with van der Waals surface area (Å²) in [4.78, 5) is 14.7. The summed E-state index contributed by atoms with van der Waals surface area (Å²) < 4.78 is 0. The number of amides is 1.